The molecule has 0 fully saturated rings. The van der Waals surface area contributed by atoms with Gasteiger partial charge in [0, 0.05) is 11.4 Å². The second kappa shape index (κ2) is 11.9. The number of nitrogens with zero attached hydrogens (tertiary/aromatic N) is 1. The van der Waals surface area contributed by atoms with E-state index in [0.29, 0.717) is 11.5 Å². The molecule has 1 heterocycles. The highest BCUT2D eigenvalue weighted by molar-refractivity contribution is 6.13. The maximum Gasteiger partial charge on any atom is 0.193 e. The largest absolute Gasteiger partial charge is 0.453 e. The van der Waals surface area contributed by atoms with Crippen molar-refractivity contribution in [2.75, 3.05) is 4.90 Å². The highest BCUT2D eigenvalue weighted by Crippen LogP contribution is 2.52. The number of rotatable bonds is 5. The van der Waals surface area contributed by atoms with Crippen molar-refractivity contribution in [3.05, 3.63) is 188 Å². The molecule has 0 saturated carbocycles. The maximum absolute atomic E-state index is 6.84. The summed E-state index contributed by atoms with van der Waals surface area (Å²) >= 11 is 0. The Hall–Kier alpha value is -6.84. The number of anilines is 3. The standard InChI is InChI=1S/C48H31NO2/c1-2-11-32(12-3-1)33-23-27-37(28-24-33)49(43-19-10-22-46-48(43)51-45-21-9-15-35-14-8-20-44(50-46)47(35)45)38-29-25-34(26-30-38)42-31-36-13-4-5-16-39(36)40-17-6-7-18-41(40)42/h1-31H. The molecule has 0 unspecified atom stereocenters. The summed E-state index contributed by atoms with van der Waals surface area (Å²) in [5.41, 5.74) is 7.61. The summed E-state index contributed by atoms with van der Waals surface area (Å²) in [6.45, 7) is 0. The van der Waals surface area contributed by atoms with Gasteiger partial charge in [-0.15, -0.1) is 0 Å². The highest BCUT2D eigenvalue weighted by atomic mass is 16.5. The Morgan fingerprint density at radius 2 is 0.902 bits per heavy atom. The van der Waals surface area contributed by atoms with E-state index in [9.17, 15) is 0 Å². The first-order valence-corrected chi connectivity index (χ1v) is 17.3. The van der Waals surface area contributed by atoms with Crippen LogP contribution in [0.3, 0.4) is 0 Å². The van der Waals surface area contributed by atoms with Crippen LogP contribution < -0.4 is 14.4 Å². The molecule has 10 rings (SSSR count). The van der Waals surface area contributed by atoms with Crippen LogP contribution in [-0.2, 0) is 0 Å². The van der Waals surface area contributed by atoms with Gasteiger partial charge < -0.3 is 14.4 Å². The zero-order valence-corrected chi connectivity index (χ0v) is 27.7. The van der Waals surface area contributed by atoms with E-state index in [1.54, 1.807) is 0 Å². The third kappa shape index (κ3) is 4.98. The summed E-state index contributed by atoms with van der Waals surface area (Å²) < 4.78 is 13.5. The van der Waals surface area contributed by atoms with Crippen molar-refractivity contribution >= 4 is 49.4 Å². The summed E-state index contributed by atoms with van der Waals surface area (Å²) in [5, 5.41) is 7.04. The zero-order chi connectivity index (χ0) is 33.7. The molecule has 0 bridgehead atoms. The first-order valence-electron chi connectivity index (χ1n) is 17.3. The molecule has 3 nitrogen and oxygen atoms in total. The van der Waals surface area contributed by atoms with E-state index in [1.165, 1.54) is 32.7 Å². The van der Waals surface area contributed by atoms with Crippen molar-refractivity contribution < 1.29 is 9.47 Å². The number of fused-ring (bicyclic) bond motifs is 4. The van der Waals surface area contributed by atoms with Gasteiger partial charge in [-0.05, 0) is 104 Å². The lowest BCUT2D eigenvalue weighted by molar-refractivity contribution is 0.440. The minimum absolute atomic E-state index is 0.665. The minimum Gasteiger partial charge on any atom is -0.453 e. The Kier molecular flexibility index (Phi) is 6.81. The molecule has 1 aliphatic heterocycles. The van der Waals surface area contributed by atoms with E-state index >= 15 is 0 Å². The van der Waals surface area contributed by atoms with Crippen molar-refractivity contribution in [3.63, 3.8) is 0 Å². The normalized spacial score (nSPS) is 11.8. The number of hydrogen-bond acceptors (Lipinski definition) is 3. The van der Waals surface area contributed by atoms with Gasteiger partial charge in [0.2, 0.25) is 0 Å². The fraction of sp³-hybridized carbons (Fsp3) is 0. The van der Waals surface area contributed by atoms with Crippen LogP contribution in [0.2, 0.25) is 0 Å². The molecule has 3 heteroatoms. The first-order chi connectivity index (χ1) is 25.3. The second-order valence-corrected chi connectivity index (χ2v) is 12.9. The van der Waals surface area contributed by atoms with Gasteiger partial charge in [0.05, 0.1) is 11.1 Å². The van der Waals surface area contributed by atoms with Crippen molar-refractivity contribution in [2.45, 2.75) is 0 Å². The molecule has 0 amide bonds. The van der Waals surface area contributed by atoms with Crippen LogP contribution in [0.25, 0.3) is 54.6 Å². The number of hydrogen-bond donors (Lipinski definition) is 0. The topological polar surface area (TPSA) is 21.7 Å². The molecule has 0 N–H and O–H groups in total. The second-order valence-electron chi connectivity index (χ2n) is 12.9. The summed E-state index contributed by atoms with van der Waals surface area (Å²) in [7, 11) is 0. The fourth-order valence-corrected chi connectivity index (χ4v) is 7.48. The Bertz CT molecular complexity index is 2730. The fourth-order valence-electron chi connectivity index (χ4n) is 7.48. The monoisotopic (exact) mass is 653 g/mol. The minimum atomic E-state index is 0.665. The molecule has 9 aromatic rings. The van der Waals surface area contributed by atoms with Crippen LogP contribution in [0.5, 0.6) is 23.0 Å². The Balaban J connectivity index is 1.13. The quantitative estimate of drug-likeness (QED) is 0.173. The van der Waals surface area contributed by atoms with Crippen LogP contribution in [-0.4, -0.2) is 0 Å². The smallest absolute Gasteiger partial charge is 0.193 e. The van der Waals surface area contributed by atoms with E-state index < -0.39 is 0 Å². The molecular formula is C48H31NO2. The molecular weight excluding hydrogens is 623 g/mol. The van der Waals surface area contributed by atoms with E-state index in [0.717, 1.165) is 50.5 Å². The van der Waals surface area contributed by atoms with Gasteiger partial charge in [-0.3, -0.25) is 0 Å². The van der Waals surface area contributed by atoms with Crippen LogP contribution in [0.15, 0.2) is 188 Å². The molecule has 51 heavy (non-hydrogen) atoms. The first kappa shape index (κ1) is 29.1. The van der Waals surface area contributed by atoms with Crippen LogP contribution in [0.4, 0.5) is 17.1 Å². The van der Waals surface area contributed by atoms with Gasteiger partial charge in [-0.1, -0.05) is 133 Å². The van der Waals surface area contributed by atoms with E-state index in [2.05, 4.69) is 150 Å². The highest BCUT2D eigenvalue weighted by Gasteiger charge is 2.25. The van der Waals surface area contributed by atoms with Crippen molar-refractivity contribution in [1.82, 2.24) is 0 Å². The van der Waals surface area contributed by atoms with Crippen molar-refractivity contribution in [1.29, 1.82) is 0 Å². The van der Waals surface area contributed by atoms with E-state index in [1.807, 2.05) is 42.5 Å². The van der Waals surface area contributed by atoms with E-state index in [-0.39, 0.29) is 0 Å². The average Bonchev–Trinajstić information content (AvgIpc) is 3.37. The molecule has 0 aliphatic carbocycles. The van der Waals surface area contributed by atoms with Gasteiger partial charge in [-0.2, -0.15) is 0 Å². The van der Waals surface area contributed by atoms with Gasteiger partial charge in [0.1, 0.15) is 11.5 Å². The Morgan fingerprint density at radius 3 is 1.65 bits per heavy atom. The number of ether oxygens (including phenoxy) is 2. The molecule has 0 saturated heterocycles. The molecule has 240 valence electrons. The van der Waals surface area contributed by atoms with E-state index in [4.69, 9.17) is 9.47 Å². The molecule has 0 radical (unpaired) electrons. The van der Waals surface area contributed by atoms with Gasteiger partial charge in [-0.25, -0.2) is 0 Å². The number of benzene rings is 9. The van der Waals surface area contributed by atoms with Gasteiger partial charge in [0.15, 0.2) is 11.5 Å². The molecule has 0 aromatic heterocycles. The summed E-state index contributed by atoms with van der Waals surface area (Å²) in [5.74, 6) is 2.89. The zero-order valence-electron chi connectivity index (χ0n) is 27.7. The molecule has 0 atom stereocenters. The van der Waals surface area contributed by atoms with Crippen LogP contribution in [0.1, 0.15) is 0 Å². The van der Waals surface area contributed by atoms with Crippen molar-refractivity contribution in [2.24, 2.45) is 0 Å². The SMILES string of the molecule is c1ccc(-c2ccc(N(c3ccc(-c4cc5ccccc5c5ccccc45)cc3)c3cccc4c3Oc3cccc5cccc(c35)O4)cc2)cc1. The lowest BCUT2D eigenvalue weighted by Gasteiger charge is -2.28. The summed E-state index contributed by atoms with van der Waals surface area (Å²) in [6, 6.07) is 66.1. The third-order valence-electron chi connectivity index (χ3n) is 9.90. The predicted molar refractivity (Wildman–Crippen MR) is 211 cm³/mol. The summed E-state index contributed by atoms with van der Waals surface area (Å²) in [6.07, 6.45) is 0. The molecule has 1 aliphatic rings. The van der Waals surface area contributed by atoms with Gasteiger partial charge >= 0.3 is 0 Å². The number of para-hydroxylation sites is 1. The Labute approximate surface area is 296 Å². The lowest BCUT2D eigenvalue weighted by Crippen LogP contribution is -2.11. The summed E-state index contributed by atoms with van der Waals surface area (Å²) in [4.78, 5) is 2.26. The maximum atomic E-state index is 6.84. The molecule has 0 spiro atoms. The van der Waals surface area contributed by atoms with Crippen LogP contribution >= 0.6 is 0 Å². The molecule has 9 aromatic carbocycles. The van der Waals surface area contributed by atoms with Crippen molar-refractivity contribution in [3.8, 4) is 45.3 Å². The lowest BCUT2D eigenvalue weighted by atomic mass is 9.93. The average molecular weight is 654 g/mol. The van der Waals surface area contributed by atoms with Crippen LogP contribution in [0, 0.1) is 0 Å². The predicted octanol–water partition coefficient (Wildman–Crippen LogP) is 13.8. The van der Waals surface area contributed by atoms with Gasteiger partial charge in [0.25, 0.3) is 0 Å². The Morgan fingerprint density at radius 1 is 0.353 bits per heavy atom. The third-order valence-corrected chi connectivity index (χ3v) is 9.90.